The molecule has 0 amide bonds. The molecule has 0 saturated carbocycles. The first-order valence-corrected chi connectivity index (χ1v) is 11.9. The fourth-order valence-electron chi connectivity index (χ4n) is 4.00. The highest BCUT2D eigenvalue weighted by atomic mass is 32.1. The third-order valence-electron chi connectivity index (χ3n) is 5.76. The summed E-state index contributed by atoms with van der Waals surface area (Å²) in [6.07, 6.45) is 3.09. The Balaban J connectivity index is 1.57. The predicted molar refractivity (Wildman–Crippen MR) is 127 cm³/mol. The monoisotopic (exact) mass is 471 g/mol. The number of hydrogen-bond acceptors (Lipinski definition) is 9. The third-order valence-corrected chi connectivity index (χ3v) is 6.12. The van der Waals surface area contributed by atoms with Gasteiger partial charge in [-0.3, -0.25) is 4.57 Å². The number of unbranched alkanes of at least 4 members (excludes halogenated alkanes) is 3. The van der Waals surface area contributed by atoms with Crippen LogP contribution in [0.2, 0.25) is 0 Å². The van der Waals surface area contributed by atoms with E-state index in [1.54, 1.807) is 28.8 Å². The van der Waals surface area contributed by atoms with Crippen LogP contribution in [0, 0.1) is 0 Å². The molecule has 33 heavy (non-hydrogen) atoms. The molecule has 0 radical (unpaired) electrons. The SMILES string of the molecule is CCCCCCc1nc(N)c2ncn([C@@H]3O[C@H](CS)[C@@H](OC(=O)c4ccccc4)[C@H]3O)c2n1. The zero-order valence-electron chi connectivity index (χ0n) is 18.5. The Hall–Kier alpha value is -2.69. The summed E-state index contributed by atoms with van der Waals surface area (Å²) >= 11 is 4.33. The summed E-state index contributed by atoms with van der Waals surface area (Å²) in [5, 5.41) is 11.1. The number of benzene rings is 1. The van der Waals surface area contributed by atoms with Crippen molar-refractivity contribution in [3.63, 3.8) is 0 Å². The molecule has 1 fully saturated rings. The van der Waals surface area contributed by atoms with Gasteiger partial charge in [-0.15, -0.1) is 0 Å². The number of nitrogens with two attached hydrogens (primary N) is 1. The van der Waals surface area contributed by atoms with Crippen molar-refractivity contribution < 1.29 is 19.4 Å². The second kappa shape index (κ2) is 10.5. The Labute approximate surface area is 197 Å². The van der Waals surface area contributed by atoms with Crippen molar-refractivity contribution in [3.8, 4) is 0 Å². The third kappa shape index (κ3) is 4.97. The average molecular weight is 472 g/mol. The van der Waals surface area contributed by atoms with Crippen LogP contribution in [-0.2, 0) is 15.9 Å². The molecule has 3 N–H and O–H groups in total. The summed E-state index contributed by atoms with van der Waals surface area (Å²) in [6, 6.07) is 8.62. The van der Waals surface area contributed by atoms with Crippen LogP contribution in [0.25, 0.3) is 11.2 Å². The fraction of sp³-hybridized carbons (Fsp3) is 0.478. The van der Waals surface area contributed by atoms with Crippen molar-refractivity contribution in [2.24, 2.45) is 0 Å². The number of imidazole rings is 1. The first-order chi connectivity index (χ1) is 16.0. The maximum Gasteiger partial charge on any atom is 0.338 e. The van der Waals surface area contributed by atoms with Crippen LogP contribution in [0.4, 0.5) is 5.82 Å². The molecule has 3 heterocycles. The van der Waals surface area contributed by atoms with Crippen LogP contribution in [0.1, 0.15) is 55.0 Å². The molecule has 1 aliphatic heterocycles. The molecule has 0 aliphatic carbocycles. The van der Waals surface area contributed by atoms with E-state index in [2.05, 4.69) is 34.5 Å². The summed E-state index contributed by atoms with van der Waals surface area (Å²) in [4.78, 5) is 25.9. The van der Waals surface area contributed by atoms with E-state index in [1.807, 2.05) is 6.07 Å². The van der Waals surface area contributed by atoms with Crippen LogP contribution in [0.5, 0.6) is 0 Å². The maximum atomic E-state index is 12.6. The molecule has 9 nitrogen and oxygen atoms in total. The molecule has 176 valence electrons. The van der Waals surface area contributed by atoms with Crippen molar-refractivity contribution in [2.45, 2.75) is 63.6 Å². The lowest BCUT2D eigenvalue weighted by Gasteiger charge is -2.20. The van der Waals surface area contributed by atoms with E-state index in [4.69, 9.17) is 15.2 Å². The summed E-state index contributed by atoms with van der Waals surface area (Å²) in [7, 11) is 0. The van der Waals surface area contributed by atoms with Gasteiger partial charge in [-0.05, 0) is 18.6 Å². The number of aliphatic hydroxyl groups is 1. The highest BCUT2D eigenvalue weighted by Crippen LogP contribution is 2.34. The fourth-order valence-corrected chi connectivity index (χ4v) is 4.29. The van der Waals surface area contributed by atoms with E-state index in [0.29, 0.717) is 29.0 Å². The zero-order chi connectivity index (χ0) is 23.4. The van der Waals surface area contributed by atoms with Crippen molar-refractivity contribution in [1.82, 2.24) is 19.5 Å². The molecule has 4 atom stereocenters. The standard InChI is InChI=1S/C23H29N5O4S/c1-2-3-4-8-11-16-26-20(24)17-21(27-16)28(13-25-17)22-18(29)19(15(12-33)31-22)32-23(30)14-9-6-5-7-10-14/h5-7,9-10,13,15,18-19,22,29,33H,2-4,8,11-12H2,1H3,(H2,24,26,27)/t15-,18-,19-,22-/m1/s1. The molecule has 3 aromatic rings. The molecule has 1 aromatic carbocycles. The van der Waals surface area contributed by atoms with Gasteiger partial charge in [-0.25, -0.2) is 19.7 Å². The number of ether oxygens (including phenoxy) is 2. The number of aromatic nitrogens is 4. The first-order valence-electron chi connectivity index (χ1n) is 11.2. The van der Waals surface area contributed by atoms with E-state index in [9.17, 15) is 9.90 Å². The first kappa shape index (κ1) is 23.5. The van der Waals surface area contributed by atoms with Crippen molar-refractivity contribution in [2.75, 3.05) is 11.5 Å². The quantitative estimate of drug-likeness (QED) is 0.247. The molecule has 10 heteroatoms. The molecular weight excluding hydrogens is 442 g/mol. The Morgan fingerprint density at radius 3 is 2.76 bits per heavy atom. The highest BCUT2D eigenvalue weighted by Gasteiger charge is 2.47. The van der Waals surface area contributed by atoms with Crippen molar-refractivity contribution in [1.29, 1.82) is 0 Å². The van der Waals surface area contributed by atoms with E-state index < -0.39 is 30.5 Å². The Morgan fingerprint density at radius 2 is 2.03 bits per heavy atom. The molecular formula is C23H29N5O4S. The number of carbonyl (C=O) groups is 1. The zero-order valence-corrected chi connectivity index (χ0v) is 19.4. The number of thiol groups is 1. The van der Waals surface area contributed by atoms with Gasteiger partial charge in [-0.2, -0.15) is 12.6 Å². The Morgan fingerprint density at radius 1 is 1.24 bits per heavy atom. The molecule has 0 spiro atoms. The van der Waals surface area contributed by atoms with Gasteiger partial charge in [0.1, 0.15) is 23.5 Å². The number of esters is 1. The van der Waals surface area contributed by atoms with E-state index >= 15 is 0 Å². The van der Waals surface area contributed by atoms with Crippen LogP contribution in [0.3, 0.4) is 0 Å². The lowest BCUT2D eigenvalue weighted by Crippen LogP contribution is -2.37. The number of carbonyl (C=O) groups excluding carboxylic acids is 1. The van der Waals surface area contributed by atoms with Gasteiger partial charge in [0, 0.05) is 12.2 Å². The lowest BCUT2D eigenvalue weighted by atomic mass is 10.1. The summed E-state index contributed by atoms with van der Waals surface area (Å²) in [5.74, 6) is 0.636. The second-order valence-corrected chi connectivity index (χ2v) is 8.50. The van der Waals surface area contributed by atoms with Gasteiger partial charge >= 0.3 is 5.97 Å². The largest absolute Gasteiger partial charge is 0.453 e. The molecule has 2 aromatic heterocycles. The van der Waals surface area contributed by atoms with Gasteiger partial charge in [0.25, 0.3) is 0 Å². The number of nitrogens with zero attached hydrogens (tertiary/aromatic N) is 4. The normalized spacial score (nSPS) is 22.6. The number of aryl methyl sites for hydroxylation is 1. The van der Waals surface area contributed by atoms with Crippen LogP contribution in [0.15, 0.2) is 36.7 Å². The van der Waals surface area contributed by atoms with Crippen molar-refractivity contribution in [3.05, 3.63) is 48.0 Å². The maximum absolute atomic E-state index is 12.6. The molecule has 1 saturated heterocycles. The number of rotatable bonds is 9. The molecule has 0 unspecified atom stereocenters. The highest BCUT2D eigenvalue weighted by molar-refractivity contribution is 7.80. The van der Waals surface area contributed by atoms with Gasteiger partial charge in [-0.1, -0.05) is 44.4 Å². The van der Waals surface area contributed by atoms with Crippen LogP contribution < -0.4 is 5.73 Å². The van der Waals surface area contributed by atoms with E-state index in [0.717, 1.165) is 25.7 Å². The lowest BCUT2D eigenvalue weighted by molar-refractivity contribution is -0.0294. The second-order valence-electron chi connectivity index (χ2n) is 8.13. The predicted octanol–water partition coefficient (Wildman–Crippen LogP) is 2.95. The number of anilines is 1. The summed E-state index contributed by atoms with van der Waals surface area (Å²) < 4.78 is 13.3. The minimum Gasteiger partial charge on any atom is -0.453 e. The van der Waals surface area contributed by atoms with Crippen molar-refractivity contribution >= 4 is 35.6 Å². The summed E-state index contributed by atoms with van der Waals surface area (Å²) in [5.41, 5.74) is 7.45. The number of aliphatic hydroxyl groups excluding tert-OH is 1. The van der Waals surface area contributed by atoms with E-state index in [-0.39, 0.29) is 11.6 Å². The minimum absolute atomic E-state index is 0.257. The average Bonchev–Trinajstić information content (AvgIpc) is 3.38. The van der Waals surface area contributed by atoms with Gasteiger partial charge in [0.05, 0.1) is 11.9 Å². The van der Waals surface area contributed by atoms with E-state index in [1.165, 1.54) is 6.33 Å². The minimum atomic E-state index is -1.14. The van der Waals surface area contributed by atoms with Gasteiger partial charge in [0.2, 0.25) is 0 Å². The molecule has 0 bridgehead atoms. The smallest absolute Gasteiger partial charge is 0.338 e. The number of hydrogen-bond donors (Lipinski definition) is 3. The topological polar surface area (TPSA) is 125 Å². The molecule has 4 rings (SSSR count). The van der Waals surface area contributed by atoms with Gasteiger partial charge < -0.3 is 20.3 Å². The Kier molecular flexibility index (Phi) is 7.46. The van der Waals surface area contributed by atoms with Gasteiger partial charge in [0.15, 0.2) is 23.8 Å². The number of nitrogen functional groups attached to an aromatic ring is 1. The number of fused-ring (bicyclic) bond motifs is 1. The Bertz CT molecular complexity index is 1090. The molecule has 1 aliphatic rings. The summed E-state index contributed by atoms with van der Waals surface area (Å²) in [6.45, 7) is 2.16. The van der Waals surface area contributed by atoms with Crippen LogP contribution >= 0.6 is 12.6 Å². The van der Waals surface area contributed by atoms with Crippen LogP contribution in [-0.4, -0.2) is 54.7 Å².